The molecule has 0 spiro atoms. The third-order valence-electron chi connectivity index (χ3n) is 4.53. The molecular formula is C20H19N5O3. The van der Waals surface area contributed by atoms with E-state index in [9.17, 15) is 9.59 Å². The van der Waals surface area contributed by atoms with Gasteiger partial charge in [-0.1, -0.05) is 12.1 Å². The van der Waals surface area contributed by atoms with Gasteiger partial charge in [0.05, 0.1) is 29.0 Å². The third-order valence-corrected chi connectivity index (χ3v) is 4.53. The maximum atomic E-state index is 12.5. The number of nitrogen functional groups attached to an aromatic ring is 1. The van der Waals surface area contributed by atoms with E-state index in [1.165, 1.54) is 0 Å². The number of benzene rings is 2. The SMILES string of the molecule is COCCNC(=O)c1ccc2[nH]c(-c3nc4ccccc4[nH]c3=O)c(N)c2c1. The molecule has 0 aliphatic rings. The Bertz CT molecular complexity index is 1240. The van der Waals surface area contributed by atoms with E-state index in [0.717, 1.165) is 5.52 Å². The van der Waals surface area contributed by atoms with Crippen LogP contribution in [0, 0.1) is 0 Å². The van der Waals surface area contributed by atoms with E-state index in [4.69, 9.17) is 10.5 Å². The van der Waals surface area contributed by atoms with E-state index >= 15 is 0 Å². The highest BCUT2D eigenvalue weighted by atomic mass is 16.5. The van der Waals surface area contributed by atoms with E-state index in [2.05, 4.69) is 20.3 Å². The molecule has 1 amide bonds. The second-order valence-corrected chi connectivity index (χ2v) is 6.35. The van der Waals surface area contributed by atoms with Crippen LogP contribution in [0.3, 0.4) is 0 Å². The highest BCUT2D eigenvalue weighted by molar-refractivity contribution is 6.04. The zero-order valence-electron chi connectivity index (χ0n) is 15.2. The van der Waals surface area contributed by atoms with Gasteiger partial charge in [0.15, 0.2) is 5.69 Å². The van der Waals surface area contributed by atoms with Gasteiger partial charge >= 0.3 is 0 Å². The zero-order chi connectivity index (χ0) is 19.7. The molecule has 8 heteroatoms. The van der Waals surface area contributed by atoms with Gasteiger partial charge in [-0.2, -0.15) is 0 Å². The lowest BCUT2D eigenvalue weighted by atomic mass is 10.1. The lowest BCUT2D eigenvalue weighted by Crippen LogP contribution is -2.26. The van der Waals surface area contributed by atoms with Crippen LogP contribution < -0.4 is 16.6 Å². The van der Waals surface area contributed by atoms with Crippen LogP contribution in [-0.4, -0.2) is 41.1 Å². The van der Waals surface area contributed by atoms with Crippen LogP contribution in [-0.2, 0) is 4.74 Å². The number of carbonyl (C=O) groups excluding carboxylic acids is 1. The van der Waals surface area contributed by atoms with E-state index in [1.54, 1.807) is 31.4 Å². The Hall–Kier alpha value is -3.65. The number of H-pyrrole nitrogens is 2. The minimum Gasteiger partial charge on any atom is -0.396 e. The smallest absolute Gasteiger partial charge is 0.276 e. The number of nitrogens with one attached hydrogen (secondary N) is 3. The van der Waals surface area contributed by atoms with Gasteiger partial charge in [0.1, 0.15) is 0 Å². The molecule has 8 nitrogen and oxygen atoms in total. The summed E-state index contributed by atoms with van der Waals surface area (Å²) in [4.78, 5) is 35.2. The minimum atomic E-state index is -0.338. The number of methoxy groups -OCH3 is 1. The van der Waals surface area contributed by atoms with Gasteiger partial charge in [0, 0.05) is 30.1 Å². The molecular weight excluding hydrogens is 358 g/mol. The molecule has 5 N–H and O–H groups in total. The number of nitrogens with zero attached hydrogens (tertiary/aromatic N) is 1. The van der Waals surface area contributed by atoms with Crippen molar-refractivity contribution in [3.05, 3.63) is 58.4 Å². The van der Waals surface area contributed by atoms with Crippen molar-refractivity contribution < 1.29 is 9.53 Å². The Labute approximate surface area is 159 Å². The number of aromatic amines is 2. The summed E-state index contributed by atoms with van der Waals surface area (Å²) in [5.74, 6) is -0.220. The lowest BCUT2D eigenvalue weighted by molar-refractivity contribution is 0.0937. The fourth-order valence-electron chi connectivity index (χ4n) is 3.11. The van der Waals surface area contributed by atoms with Crippen LogP contribution in [0.5, 0.6) is 0 Å². The van der Waals surface area contributed by atoms with Crippen LogP contribution >= 0.6 is 0 Å². The van der Waals surface area contributed by atoms with Crippen molar-refractivity contribution in [3.63, 3.8) is 0 Å². The predicted molar refractivity (Wildman–Crippen MR) is 108 cm³/mol. The van der Waals surface area contributed by atoms with Crippen molar-refractivity contribution in [2.75, 3.05) is 26.0 Å². The fourth-order valence-corrected chi connectivity index (χ4v) is 3.11. The third kappa shape index (κ3) is 3.10. The molecule has 0 saturated heterocycles. The van der Waals surface area contributed by atoms with Crippen LogP contribution in [0.2, 0.25) is 0 Å². The van der Waals surface area contributed by atoms with Crippen molar-refractivity contribution in [1.82, 2.24) is 20.3 Å². The zero-order valence-corrected chi connectivity index (χ0v) is 15.2. The number of rotatable bonds is 5. The largest absolute Gasteiger partial charge is 0.396 e. The van der Waals surface area contributed by atoms with Crippen molar-refractivity contribution in [3.8, 4) is 11.4 Å². The number of hydrogen-bond donors (Lipinski definition) is 4. The van der Waals surface area contributed by atoms with Gasteiger partial charge in [-0.05, 0) is 30.3 Å². The standard InChI is InChI=1S/C20H19N5O3/c1-28-9-8-22-19(26)11-6-7-13-12(10-11)16(21)17(23-13)18-20(27)25-15-5-3-2-4-14(15)24-18/h2-7,10,23H,8-9,21H2,1H3,(H,22,26)(H,25,27). The quantitative estimate of drug-likeness (QED) is 0.396. The van der Waals surface area contributed by atoms with E-state index in [1.807, 2.05) is 18.2 Å². The van der Waals surface area contributed by atoms with Gasteiger partial charge in [0.25, 0.3) is 11.5 Å². The number of amides is 1. The Kier molecular flexibility index (Phi) is 4.54. The summed E-state index contributed by atoms with van der Waals surface area (Å²) in [6, 6.07) is 12.4. The van der Waals surface area contributed by atoms with Crippen molar-refractivity contribution in [2.45, 2.75) is 0 Å². The lowest BCUT2D eigenvalue weighted by Gasteiger charge is -2.04. The fraction of sp³-hybridized carbons (Fsp3) is 0.150. The normalized spacial score (nSPS) is 11.2. The van der Waals surface area contributed by atoms with Gasteiger partial charge in [-0.25, -0.2) is 4.98 Å². The number of carbonyl (C=O) groups is 1. The second-order valence-electron chi connectivity index (χ2n) is 6.35. The molecule has 142 valence electrons. The Morgan fingerprint density at radius 2 is 2.00 bits per heavy atom. The molecule has 0 aliphatic carbocycles. The Balaban J connectivity index is 1.77. The number of ether oxygens (including phenoxy) is 1. The Morgan fingerprint density at radius 3 is 2.82 bits per heavy atom. The molecule has 0 saturated carbocycles. The first-order valence-corrected chi connectivity index (χ1v) is 8.76. The van der Waals surface area contributed by atoms with Crippen LogP contribution in [0.1, 0.15) is 10.4 Å². The molecule has 4 aromatic rings. The maximum Gasteiger partial charge on any atom is 0.276 e. The van der Waals surface area contributed by atoms with Gasteiger partial charge in [0.2, 0.25) is 0 Å². The summed E-state index contributed by atoms with van der Waals surface area (Å²) in [5.41, 5.74) is 9.47. The molecule has 0 aliphatic heterocycles. The number of aromatic nitrogens is 3. The van der Waals surface area contributed by atoms with Gasteiger partial charge in [-0.15, -0.1) is 0 Å². The van der Waals surface area contributed by atoms with Crippen molar-refractivity contribution in [1.29, 1.82) is 0 Å². The highest BCUT2D eigenvalue weighted by Crippen LogP contribution is 2.31. The summed E-state index contributed by atoms with van der Waals surface area (Å²) >= 11 is 0. The molecule has 2 aromatic carbocycles. The van der Waals surface area contributed by atoms with E-state index in [-0.39, 0.29) is 17.2 Å². The molecule has 0 radical (unpaired) electrons. The number of fused-ring (bicyclic) bond motifs is 2. The summed E-state index contributed by atoms with van der Waals surface area (Å²) in [5, 5.41) is 3.43. The second kappa shape index (κ2) is 7.16. The molecule has 2 aromatic heterocycles. The molecule has 0 unspecified atom stereocenters. The van der Waals surface area contributed by atoms with Gasteiger partial charge < -0.3 is 25.8 Å². The first-order valence-electron chi connectivity index (χ1n) is 8.76. The average Bonchev–Trinajstić information content (AvgIpc) is 3.03. The molecule has 0 atom stereocenters. The maximum absolute atomic E-state index is 12.5. The molecule has 28 heavy (non-hydrogen) atoms. The summed E-state index contributed by atoms with van der Waals surface area (Å²) < 4.78 is 4.93. The average molecular weight is 377 g/mol. The number of nitrogens with two attached hydrogens (primary N) is 1. The molecule has 4 rings (SSSR count). The minimum absolute atomic E-state index is 0.207. The number of anilines is 1. The van der Waals surface area contributed by atoms with Crippen LogP contribution in [0.15, 0.2) is 47.3 Å². The van der Waals surface area contributed by atoms with Crippen molar-refractivity contribution in [2.24, 2.45) is 0 Å². The summed E-state index contributed by atoms with van der Waals surface area (Å²) in [6.07, 6.45) is 0. The Morgan fingerprint density at radius 1 is 1.18 bits per heavy atom. The topological polar surface area (TPSA) is 126 Å². The summed E-state index contributed by atoms with van der Waals surface area (Å²) in [7, 11) is 1.57. The van der Waals surface area contributed by atoms with Gasteiger partial charge in [-0.3, -0.25) is 9.59 Å². The number of para-hydroxylation sites is 2. The van der Waals surface area contributed by atoms with Crippen LogP contribution in [0.25, 0.3) is 33.3 Å². The molecule has 2 heterocycles. The predicted octanol–water partition coefficient (Wildman–Crippen LogP) is 2.03. The van der Waals surface area contributed by atoms with E-state index in [0.29, 0.717) is 46.5 Å². The van der Waals surface area contributed by atoms with E-state index < -0.39 is 0 Å². The molecule has 0 bridgehead atoms. The first-order chi connectivity index (χ1) is 13.6. The van der Waals surface area contributed by atoms with Crippen molar-refractivity contribution >= 4 is 33.5 Å². The monoisotopic (exact) mass is 377 g/mol. The van der Waals surface area contributed by atoms with Crippen LogP contribution in [0.4, 0.5) is 5.69 Å². The number of hydrogen-bond acceptors (Lipinski definition) is 5. The first kappa shape index (κ1) is 17.7. The summed E-state index contributed by atoms with van der Waals surface area (Å²) in [6.45, 7) is 0.846. The molecule has 0 fully saturated rings. The highest BCUT2D eigenvalue weighted by Gasteiger charge is 2.17.